The van der Waals surface area contributed by atoms with E-state index in [9.17, 15) is 0 Å². The first-order valence-electron chi connectivity index (χ1n) is 5.41. The van der Waals surface area contributed by atoms with Crippen molar-refractivity contribution in [2.75, 3.05) is 18.7 Å². The molecule has 1 N–H and O–H groups in total. The van der Waals surface area contributed by atoms with E-state index in [-0.39, 0.29) is 5.54 Å². The van der Waals surface area contributed by atoms with E-state index in [1.807, 2.05) is 29.2 Å². The summed E-state index contributed by atoms with van der Waals surface area (Å²) in [5.41, 5.74) is 0.743. The Morgan fingerprint density at radius 2 is 2.18 bits per heavy atom. The van der Waals surface area contributed by atoms with E-state index in [1.54, 1.807) is 0 Å². The maximum Gasteiger partial charge on any atom is 0.175 e. The fraction of sp³-hybridized carbons (Fsp3) is 0.417. The van der Waals surface area contributed by atoms with Gasteiger partial charge in [-0.3, -0.25) is 0 Å². The molecule has 1 aliphatic rings. The lowest BCUT2D eigenvalue weighted by molar-refractivity contribution is 0.169. The molecule has 0 aliphatic carbocycles. The van der Waals surface area contributed by atoms with Crippen LogP contribution in [0.2, 0.25) is 5.02 Å². The SMILES string of the molecule is CC1(C)COCN1C(=S)Nc1ccccc1Cl. The number of ether oxygens (including phenoxy) is 1. The molecule has 1 aromatic rings. The number of benzene rings is 1. The maximum absolute atomic E-state index is 6.07. The molecule has 0 spiro atoms. The van der Waals surface area contributed by atoms with Gasteiger partial charge in [0.05, 0.1) is 22.9 Å². The minimum absolute atomic E-state index is 0.0780. The van der Waals surface area contributed by atoms with Crippen molar-refractivity contribution in [3.63, 3.8) is 0 Å². The van der Waals surface area contributed by atoms with Crippen molar-refractivity contribution in [2.24, 2.45) is 0 Å². The van der Waals surface area contributed by atoms with Gasteiger partial charge in [0.1, 0.15) is 6.73 Å². The van der Waals surface area contributed by atoms with E-state index in [0.717, 1.165) is 5.69 Å². The molecular weight excluding hydrogens is 256 g/mol. The number of para-hydroxylation sites is 1. The number of anilines is 1. The zero-order valence-corrected chi connectivity index (χ0v) is 11.4. The van der Waals surface area contributed by atoms with Gasteiger partial charge in [0, 0.05) is 0 Å². The quantitative estimate of drug-likeness (QED) is 0.793. The Kier molecular flexibility index (Phi) is 3.56. The summed E-state index contributed by atoms with van der Waals surface area (Å²) in [6, 6.07) is 7.54. The van der Waals surface area contributed by atoms with Gasteiger partial charge in [-0.2, -0.15) is 0 Å². The molecule has 1 saturated heterocycles. The molecule has 17 heavy (non-hydrogen) atoms. The average molecular weight is 271 g/mol. The molecule has 1 fully saturated rings. The molecule has 1 aliphatic heterocycles. The van der Waals surface area contributed by atoms with Gasteiger partial charge in [-0.15, -0.1) is 0 Å². The molecule has 1 aromatic carbocycles. The van der Waals surface area contributed by atoms with Crippen LogP contribution in [0.5, 0.6) is 0 Å². The number of nitrogens with zero attached hydrogens (tertiary/aromatic N) is 1. The molecule has 5 heteroatoms. The summed E-state index contributed by atoms with van der Waals surface area (Å²) >= 11 is 11.5. The van der Waals surface area contributed by atoms with Crippen LogP contribution in [0.3, 0.4) is 0 Å². The first-order chi connectivity index (χ1) is 8.00. The average Bonchev–Trinajstić information content (AvgIpc) is 2.61. The van der Waals surface area contributed by atoms with Crippen LogP contribution in [0, 0.1) is 0 Å². The molecule has 0 atom stereocenters. The van der Waals surface area contributed by atoms with Crippen LogP contribution in [-0.2, 0) is 4.74 Å². The largest absolute Gasteiger partial charge is 0.359 e. The Morgan fingerprint density at radius 3 is 2.76 bits per heavy atom. The minimum Gasteiger partial charge on any atom is -0.359 e. The topological polar surface area (TPSA) is 24.5 Å². The zero-order valence-electron chi connectivity index (χ0n) is 9.87. The second-order valence-electron chi connectivity index (χ2n) is 4.63. The number of hydrogen-bond donors (Lipinski definition) is 1. The third-order valence-corrected chi connectivity index (χ3v) is 3.42. The highest BCUT2D eigenvalue weighted by Gasteiger charge is 2.34. The number of halogens is 1. The molecule has 0 aromatic heterocycles. The van der Waals surface area contributed by atoms with E-state index in [0.29, 0.717) is 23.5 Å². The molecule has 2 rings (SSSR count). The predicted octanol–water partition coefficient (Wildman–Crippen LogP) is 3.11. The van der Waals surface area contributed by atoms with Crippen LogP contribution < -0.4 is 5.32 Å². The van der Waals surface area contributed by atoms with Crippen molar-refractivity contribution in [2.45, 2.75) is 19.4 Å². The fourth-order valence-corrected chi connectivity index (χ4v) is 2.31. The Morgan fingerprint density at radius 1 is 1.47 bits per heavy atom. The number of hydrogen-bond acceptors (Lipinski definition) is 2. The minimum atomic E-state index is -0.0780. The molecular formula is C12H15ClN2OS. The highest BCUT2D eigenvalue weighted by Crippen LogP contribution is 2.25. The summed E-state index contributed by atoms with van der Waals surface area (Å²) in [6.45, 7) is 5.39. The highest BCUT2D eigenvalue weighted by atomic mass is 35.5. The van der Waals surface area contributed by atoms with Gasteiger partial charge in [-0.25, -0.2) is 0 Å². The van der Waals surface area contributed by atoms with E-state index in [2.05, 4.69) is 19.2 Å². The van der Waals surface area contributed by atoms with Crippen LogP contribution in [0.25, 0.3) is 0 Å². The van der Waals surface area contributed by atoms with Gasteiger partial charge >= 0.3 is 0 Å². The van der Waals surface area contributed by atoms with E-state index in [4.69, 9.17) is 28.6 Å². The van der Waals surface area contributed by atoms with E-state index in [1.165, 1.54) is 0 Å². The van der Waals surface area contributed by atoms with E-state index >= 15 is 0 Å². The first-order valence-corrected chi connectivity index (χ1v) is 6.20. The summed E-state index contributed by atoms with van der Waals surface area (Å²) in [5.74, 6) is 0. The Balaban J connectivity index is 2.10. The van der Waals surface area contributed by atoms with Gasteiger partial charge in [0.25, 0.3) is 0 Å². The number of rotatable bonds is 1. The lowest BCUT2D eigenvalue weighted by atomic mass is 10.1. The van der Waals surface area contributed by atoms with Gasteiger partial charge in [-0.05, 0) is 38.2 Å². The van der Waals surface area contributed by atoms with Crippen LogP contribution in [0.15, 0.2) is 24.3 Å². The monoisotopic (exact) mass is 270 g/mol. The van der Waals surface area contributed by atoms with Crippen molar-refractivity contribution >= 4 is 34.6 Å². The molecule has 1 heterocycles. The zero-order chi connectivity index (χ0) is 12.5. The van der Waals surface area contributed by atoms with Crippen molar-refractivity contribution in [1.82, 2.24) is 4.90 Å². The van der Waals surface area contributed by atoms with Gasteiger partial charge < -0.3 is 15.0 Å². The Labute approximate surface area is 112 Å². The van der Waals surface area contributed by atoms with Crippen LogP contribution in [0.4, 0.5) is 5.69 Å². The summed E-state index contributed by atoms with van der Waals surface area (Å²) in [4.78, 5) is 2.02. The van der Waals surface area contributed by atoms with E-state index < -0.39 is 0 Å². The van der Waals surface area contributed by atoms with Gasteiger partial charge in [-0.1, -0.05) is 23.7 Å². The summed E-state index contributed by atoms with van der Waals surface area (Å²) in [6.07, 6.45) is 0. The third kappa shape index (κ3) is 2.70. The standard InChI is InChI=1S/C12H15ClN2OS/c1-12(2)7-16-8-15(12)11(17)14-10-6-4-3-5-9(10)13/h3-6H,7-8H2,1-2H3,(H,14,17). The maximum atomic E-state index is 6.07. The normalized spacial score (nSPS) is 18.2. The third-order valence-electron chi connectivity index (χ3n) is 2.77. The van der Waals surface area contributed by atoms with Crippen molar-refractivity contribution < 1.29 is 4.74 Å². The molecule has 0 radical (unpaired) electrons. The van der Waals surface area contributed by atoms with Crippen LogP contribution >= 0.6 is 23.8 Å². The second kappa shape index (κ2) is 4.80. The fourth-order valence-electron chi connectivity index (χ4n) is 1.72. The Bertz CT molecular complexity index is 436. The van der Waals surface area contributed by atoms with Crippen LogP contribution in [-0.4, -0.2) is 28.9 Å². The van der Waals surface area contributed by atoms with Crippen molar-refractivity contribution in [1.29, 1.82) is 0 Å². The van der Waals surface area contributed by atoms with Gasteiger partial charge in [0.2, 0.25) is 0 Å². The summed E-state index contributed by atoms with van der Waals surface area (Å²) < 4.78 is 5.43. The molecule has 0 bridgehead atoms. The summed E-state index contributed by atoms with van der Waals surface area (Å²) in [5, 5.41) is 4.45. The molecule has 0 saturated carbocycles. The summed E-state index contributed by atoms with van der Waals surface area (Å²) in [7, 11) is 0. The van der Waals surface area contributed by atoms with Crippen LogP contribution in [0.1, 0.15) is 13.8 Å². The van der Waals surface area contributed by atoms with Gasteiger partial charge in [0.15, 0.2) is 5.11 Å². The molecule has 0 amide bonds. The smallest absolute Gasteiger partial charge is 0.175 e. The molecule has 0 unspecified atom stereocenters. The lowest BCUT2D eigenvalue weighted by Crippen LogP contribution is -2.46. The number of nitrogens with one attached hydrogen (secondary N) is 1. The second-order valence-corrected chi connectivity index (χ2v) is 5.42. The number of thiocarbonyl (C=S) groups is 1. The highest BCUT2D eigenvalue weighted by molar-refractivity contribution is 7.80. The van der Waals surface area contributed by atoms with Crippen molar-refractivity contribution in [3.8, 4) is 0 Å². The lowest BCUT2D eigenvalue weighted by Gasteiger charge is -2.31. The predicted molar refractivity (Wildman–Crippen MR) is 74.4 cm³/mol. The molecule has 92 valence electrons. The van der Waals surface area contributed by atoms with Crippen molar-refractivity contribution in [3.05, 3.63) is 29.3 Å². The Hall–Kier alpha value is -0.840. The molecule has 3 nitrogen and oxygen atoms in total. The first kappa shape index (κ1) is 12.6.